The molecule has 1 aliphatic heterocycles. The molecule has 1 saturated heterocycles. The summed E-state index contributed by atoms with van der Waals surface area (Å²) in [6.45, 7) is 3.11. The summed E-state index contributed by atoms with van der Waals surface area (Å²) in [5, 5.41) is 9.60. The fourth-order valence-corrected chi connectivity index (χ4v) is 4.74. The quantitative estimate of drug-likeness (QED) is 0.852. The van der Waals surface area contributed by atoms with Gasteiger partial charge in [-0.15, -0.1) is 0 Å². The van der Waals surface area contributed by atoms with E-state index in [9.17, 15) is 9.90 Å². The number of aliphatic carboxylic acids is 1. The third-order valence-electron chi connectivity index (χ3n) is 5.92. The van der Waals surface area contributed by atoms with Gasteiger partial charge in [-0.05, 0) is 44.1 Å². The Morgan fingerprint density at radius 3 is 2.42 bits per heavy atom. The van der Waals surface area contributed by atoms with E-state index in [-0.39, 0.29) is 0 Å². The highest BCUT2D eigenvalue weighted by atomic mass is 16.4. The first kappa shape index (κ1) is 13.4. The van der Waals surface area contributed by atoms with Crippen LogP contribution in [0.25, 0.3) is 0 Å². The molecule has 0 aromatic rings. The van der Waals surface area contributed by atoms with Crippen molar-refractivity contribution < 1.29 is 9.90 Å². The van der Waals surface area contributed by atoms with Crippen molar-refractivity contribution in [2.24, 2.45) is 17.3 Å². The lowest BCUT2D eigenvalue weighted by Gasteiger charge is -2.43. The maximum absolute atomic E-state index is 11.7. The monoisotopic (exact) mass is 265 g/mol. The van der Waals surface area contributed by atoms with Crippen LogP contribution in [0.1, 0.15) is 57.8 Å². The number of hydrogen-bond acceptors (Lipinski definition) is 2. The Balaban J connectivity index is 1.62. The van der Waals surface area contributed by atoms with Crippen LogP contribution in [0.5, 0.6) is 0 Å². The van der Waals surface area contributed by atoms with E-state index < -0.39 is 11.4 Å². The lowest BCUT2D eigenvalue weighted by molar-refractivity contribution is -0.150. The van der Waals surface area contributed by atoms with Gasteiger partial charge in [-0.2, -0.15) is 0 Å². The fourth-order valence-electron chi connectivity index (χ4n) is 4.74. The van der Waals surface area contributed by atoms with Crippen LogP contribution in [0.3, 0.4) is 0 Å². The first-order chi connectivity index (χ1) is 9.20. The van der Waals surface area contributed by atoms with Crippen molar-refractivity contribution in [1.29, 1.82) is 0 Å². The lowest BCUT2D eigenvalue weighted by atomic mass is 9.74. The molecule has 3 heteroatoms. The molecule has 3 rings (SSSR count). The second-order valence-corrected chi connectivity index (χ2v) is 7.12. The van der Waals surface area contributed by atoms with Gasteiger partial charge in [-0.25, -0.2) is 0 Å². The Bertz CT molecular complexity index is 336. The molecule has 2 unspecified atom stereocenters. The molecule has 0 bridgehead atoms. The summed E-state index contributed by atoms with van der Waals surface area (Å²) in [5.41, 5.74) is -0.415. The van der Waals surface area contributed by atoms with Gasteiger partial charge in [-0.3, -0.25) is 4.79 Å². The van der Waals surface area contributed by atoms with Crippen LogP contribution in [0, 0.1) is 17.3 Å². The number of carboxylic acid groups (broad SMARTS) is 1. The molecule has 2 aliphatic carbocycles. The molecule has 108 valence electrons. The van der Waals surface area contributed by atoms with Gasteiger partial charge in [0.05, 0.1) is 5.41 Å². The highest BCUT2D eigenvalue weighted by molar-refractivity contribution is 5.75. The van der Waals surface area contributed by atoms with Crippen molar-refractivity contribution in [1.82, 2.24) is 4.90 Å². The highest BCUT2D eigenvalue weighted by Gasteiger charge is 2.44. The molecule has 2 saturated carbocycles. The van der Waals surface area contributed by atoms with E-state index in [2.05, 4.69) is 4.90 Å². The Morgan fingerprint density at radius 1 is 1.05 bits per heavy atom. The molecule has 0 radical (unpaired) electrons. The van der Waals surface area contributed by atoms with Gasteiger partial charge in [-0.1, -0.05) is 32.1 Å². The van der Waals surface area contributed by atoms with E-state index in [4.69, 9.17) is 0 Å². The second-order valence-electron chi connectivity index (χ2n) is 7.12. The number of nitrogens with zero attached hydrogens (tertiary/aromatic N) is 1. The number of fused-ring (bicyclic) bond motifs is 1. The SMILES string of the molecule is O=C(O)C1(CN2CCC3CCCCC3C2)CCCC1. The van der Waals surface area contributed by atoms with Gasteiger partial charge in [0.1, 0.15) is 0 Å². The van der Waals surface area contributed by atoms with Crippen LogP contribution in [-0.2, 0) is 4.79 Å². The molecule has 3 nitrogen and oxygen atoms in total. The Morgan fingerprint density at radius 2 is 1.74 bits per heavy atom. The molecule has 1 N–H and O–H groups in total. The molecule has 0 amide bonds. The summed E-state index contributed by atoms with van der Waals surface area (Å²) in [7, 11) is 0. The number of carboxylic acids is 1. The zero-order chi connectivity index (χ0) is 13.3. The average Bonchev–Trinajstić information content (AvgIpc) is 2.88. The van der Waals surface area contributed by atoms with Gasteiger partial charge in [0.25, 0.3) is 0 Å². The summed E-state index contributed by atoms with van der Waals surface area (Å²) in [4.78, 5) is 14.1. The van der Waals surface area contributed by atoms with Crippen LogP contribution in [-0.4, -0.2) is 35.6 Å². The van der Waals surface area contributed by atoms with Crippen LogP contribution in [0.4, 0.5) is 0 Å². The van der Waals surface area contributed by atoms with E-state index in [0.29, 0.717) is 0 Å². The summed E-state index contributed by atoms with van der Waals surface area (Å²) in [5.74, 6) is 1.25. The van der Waals surface area contributed by atoms with Gasteiger partial charge in [0, 0.05) is 13.1 Å². The van der Waals surface area contributed by atoms with E-state index in [1.807, 2.05) is 0 Å². The van der Waals surface area contributed by atoms with Crippen molar-refractivity contribution in [3.8, 4) is 0 Å². The molecule has 0 spiro atoms. The molecular weight excluding hydrogens is 238 g/mol. The first-order valence-electron chi connectivity index (χ1n) is 8.15. The number of hydrogen-bond donors (Lipinski definition) is 1. The zero-order valence-electron chi connectivity index (χ0n) is 11.9. The summed E-state index contributed by atoms with van der Waals surface area (Å²) >= 11 is 0. The lowest BCUT2D eigenvalue weighted by Crippen LogP contribution is -2.48. The minimum atomic E-state index is -0.546. The van der Waals surface area contributed by atoms with E-state index in [1.165, 1.54) is 38.6 Å². The number of rotatable bonds is 3. The molecule has 0 aromatic heterocycles. The Hall–Kier alpha value is -0.570. The molecule has 2 atom stereocenters. The minimum absolute atomic E-state index is 0.415. The molecule has 1 heterocycles. The molecule has 0 aromatic carbocycles. The molecule has 19 heavy (non-hydrogen) atoms. The predicted molar refractivity (Wildman–Crippen MR) is 75.0 cm³/mol. The van der Waals surface area contributed by atoms with E-state index in [0.717, 1.165) is 50.6 Å². The van der Waals surface area contributed by atoms with E-state index in [1.54, 1.807) is 0 Å². The largest absolute Gasteiger partial charge is 0.481 e. The third kappa shape index (κ3) is 2.67. The number of likely N-dealkylation sites (tertiary alicyclic amines) is 1. The van der Waals surface area contributed by atoms with Crippen molar-refractivity contribution in [2.75, 3.05) is 19.6 Å². The van der Waals surface area contributed by atoms with Gasteiger partial charge < -0.3 is 10.0 Å². The Kier molecular flexibility index (Phi) is 3.84. The van der Waals surface area contributed by atoms with Gasteiger partial charge in [0.15, 0.2) is 0 Å². The smallest absolute Gasteiger partial charge is 0.310 e. The van der Waals surface area contributed by atoms with Gasteiger partial charge in [0.2, 0.25) is 0 Å². The van der Waals surface area contributed by atoms with Crippen molar-refractivity contribution in [3.63, 3.8) is 0 Å². The standard InChI is InChI=1S/C16H27NO2/c18-15(19)16(8-3-4-9-16)12-17-10-7-13-5-1-2-6-14(13)11-17/h13-14H,1-12H2,(H,18,19). The van der Waals surface area contributed by atoms with Crippen LogP contribution >= 0.6 is 0 Å². The third-order valence-corrected chi connectivity index (χ3v) is 5.92. The second kappa shape index (κ2) is 5.43. The summed E-state index contributed by atoms with van der Waals surface area (Å²) < 4.78 is 0. The first-order valence-corrected chi connectivity index (χ1v) is 8.15. The Labute approximate surface area is 116 Å². The van der Waals surface area contributed by atoms with E-state index >= 15 is 0 Å². The molecule has 3 aliphatic rings. The van der Waals surface area contributed by atoms with Crippen LogP contribution in [0.15, 0.2) is 0 Å². The summed E-state index contributed by atoms with van der Waals surface area (Å²) in [6, 6.07) is 0. The maximum atomic E-state index is 11.7. The zero-order valence-corrected chi connectivity index (χ0v) is 11.9. The minimum Gasteiger partial charge on any atom is -0.481 e. The maximum Gasteiger partial charge on any atom is 0.310 e. The van der Waals surface area contributed by atoms with Crippen molar-refractivity contribution in [3.05, 3.63) is 0 Å². The molecule has 3 fully saturated rings. The van der Waals surface area contributed by atoms with Crippen molar-refractivity contribution >= 4 is 5.97 Å². The van der Waals surface area contributed by atoms with Crippen LogP contribution in [0.2, 0.25) is 0 Å². The average molecular weight is 265 g/mol. The molecular formula is C16H27NO2. The number of piperidine rings is 1. The predicted octanol–water partition coefficient (Wildman–Crippen LogP) is 3.14. The number of carbonyl (C=O) groups is 1. The normalized spacial score (nSPS) is 34.9. The topological polar surface area (TPSA) is 40.5 Å². The highest BCUT2D eigenvalue weighted by Crippen LogP contribution is 2.42. The van der Waals surface area contributed by atoms with Crippen LogP contribution < -0.4 is 0 Å². The van der Waals surface area contributed by atoms with Gasteiger partial charge >= 0.3 is 5.97 Å². The van der Waals surface area contributed by atoms with Crippen molar-refractivity contribution in [2.45, 2.75) is 57.8 Å². The fraction of sp³-hybridized carbons (Fsp3) is 0.938. The summed E-state index contributed by atoms with van der Waals surface area (Å²) in [6.07, 6.45) is 10.9.